The van der Waals surface area contributed by atoms with Crippen molar-refractivity contribution in [1.29, 1.82) is 0 Å². The fraction of sp³-hybridized carbons (Fsp3) is 0.533. The predicted molar refractivity (Wildman–Crippen MR) is 75.4 cm³/mol. The lowest BCUT2D eigenvalue weighted by molar-refractivity contribution is -0.121. The van der Waals surface area contributed by atoms with Gasteiger partial charge in [0.2, 0.25) is 5.91 Å². The van der Waals surface area contributed by atoms with Gasteiger partial charge in [-0.25, -0.2) is 0 Å². The van der Waals surface area contributed by atoms with Crippen LogP contribution >= 0.6 is 0 Å². The number of carbonyl (C=O) groups is 1. The molecule has 0 aromatic heterocycles. The Morgan fingerprint density at radius 2 is 2.22 bits per heavy atom. The molecule has 1 aromatic carbocycles. The second-order valence-corrected chi connectivity index (χ2v) is 4.96. The Bertz CT molecular complexity index is 375. The van der Waals surface area contributed by atoms with Crippen molar-refractivity contribution in [3.05, 3.63) is 35.4 Å². The minimum atomic E-state index is 0.128. The molecular formula is C15H24N2O. The van der Waals surface area contributed by atoms with Crippen molar-refractivity contribution in [2.24, 2.45) is 5.73 Å². The molecule has 0 radical (unpaired) electrons. The first-order valence-electron chi connectivity index (χ1n) is 6.66. The van der Waals surface area contributed by atoms with Crippen molar-refractivity contribution >= 4 is 5.91 Å². The standard InChI is InChI=1S/C15H24N2O/c1-12-5-3-7-14(11-12)9-10-17-15(18)8-4-6-13(2)16/h3,5,7,11,13H,4,6,8-10,16H2,1-2H3,(H,17,18). The van der Waals surface area contributed by atoms with E-state index in [0.29, 0.717) is 13.0 Å². The fourth-order valence-electron chi connectivity index (χ4n) is 1.89. The van der Waals surface area contributed by atoms with Gasteiger partial charge in [-0.05, 0) is 38.7 Å². The summed E-state index contributed by atoms with van der Waals surface area (Å²) in [5.41, 5.74) is 8.17. The van der Waals surface area contributed by atoms with E-state index in [4.69, 9.17) is 5.73 Å². The zero-order valence-electron chi connectivity index (χ0n) is 11.4. The number of nitrogens with one attached hydrogen (secondary N) is 1. The summed E-state index contributed by atoms with van der Waals surface area (Å²) in [7, 11) is 0. The van der Waals surface area contributed by atoms with Gasteiger partial charge in [0, 0.05) is 19.0 Å². The molecule has 0 fully saturated rings. The van der Waals surface area contributed by atoms with Crippen LogP contribution in [0.2, 0.25) is 0 Å². The molecule has 0 aliphatic rings. The van der Waals surface area contributed by atoms with E-state index in [0.717, 1.165) is 19.3 Å². The van der Waals surface area contributed by atoms with Crippen LogP contribution in [0.15, 0.2) is 24.3 Å². The van der Waals surface area contributed by atoms with Crippen molar-refractivity contribution in [3.63, 3.8) is 0 Å². The van der Waals surface area contributed by atoms with Crippen LogP contribution < -0.4 is 11.1 Å². The van der Waals surface area contributed by atoms with Crippen molar-refractivity contribution in [3.8, 4) is 0 Å². The molecule has 1 atom stereocenters. The Kier molecular flexibility index (Phi) is 6.44. The quantitative estimate of drug-likeness (QED) is 0.777. The van der Waals surface area contributed by atoms with Crippen molar-refractivity contribution in [2.75, 3.05) is 6.54 Å². The molecule has 3 heteroatoms. The molecule has 1 rings (SSSR count). The molecule has 1 unspecified atom stereocenters. The topological polar surface area (TPSA) is 55.1 Å². The van der Waals surface area contributed by atoms with Gasteiger partial charge in [-0.2, -0.15) is 0 Å². The third-order valence-electron chi connectivity index (χ3n) is 2.88. The molecule has 0 spiro atoms. The van der Waals surface area contributed by atoms with Crippen LogP contribution in [-0.2, 0) is 11.2 Å². The summed E-state index contributed by atoms with van der Waals surface area (Å²) >= 11 is 0. The van der Waals surface area contributed by atoms with Gasteiger partial charge in [-0.3, -0.25) is 4.79 Å². The first kappa shape index (κ1) is 14.7. The summed E-state index contributed by atoms with van der Waals surface area (Å²) < 4.78 is 0. The summed E-state index contributed by atoms with van der Waals surface area (Å²) in [4.78, 5) is 11.5. The molecular weight excluding hydrogens is 224 g/mol. The Labute approximate surface area is 110 Å². The van der Waals surface area contributed by atoms with E-state index in [-0.39, 0.29) is 11.9 Å². The highest BCUT2D eigenvalue weighted by Crippen LogP contribution is 2.04. The zero-order valence-corrected chi connectivity index (χ0v) is 11.4. The maximum Gasteiger partial charge on any atom is 0.220 e. The fourth-order valence-corrected chi connectivity index (χ4v) is 1.89. The maximum absolute atomic E-state index is 11.5. The third-order valence-corrected chi connectivity index (χ3v) is 2.88. The van der Waals surface area contributed by atoms with Crippen LogP contribution in [0.3, 0.4) is 0 Å². The van der Waals surface area contributed by atoms with Crippen LogP contribution in [0.1, 0.15) is 37.3 Å². The van der Waals surface area contributed by atoms with Crippen molar-refractivity contribution < 1.29 is 4.79 Å². The molecule has 3 nitrogen and oxygen atoms in total. The van der Waals surface area contributed by atoms with E-state index >= 15 is 0 Å². The van der Waals surface area contributed by atoms with Crippen LogP contribution in [0.5, 0.6) is 0 Å². The molecule has 100 valence electrons. The molecule has 1 amide bonds. The normalized spacial score (nSPS) is 12.2. The van der Waals surface area contributed by atoms with Gasteiger partial charge in [0.1, 0.15) is 0 Å². The number of rotatable bonds is 7. The van der Waals surface area contributed by atoms with Gasteiger partial charge in [-0.1, -0.05) is 29.8 Å². The average Bonchev–Trinajstić information content (AvgIpc) is 2.28. The van der Waals surface area contributed by atoms with Gasteiger partial charge >= 0.3 is 0 Å². The first-order valence-corrected chi connectivity index (χ1v) is 6.66. The lowest BCUT2D eigenvalue weighted by Crippen LogP contribution is -2.26. The van der Waals surface area contributed by atoms with E-state index < -0.39 is 0 Å². The summed E-state index contributed by atoms with van der Waals surface area (Å²) in [5, 5.41) is 2.94. The lowest BCUT2D eigenvalue weighted by atomic mass is 10.1. The minimum Gasteiger partial charge on any atom is -0.356 e. The number of hydrogen-bond donors (Lipinski definition) is 2. The number of carbonyl (C=O) groups excluding carboxylic acids is 1. The molecule has 0 saturated carbocycles. The van der Waals surface area contributed by atoms with Crippen molar-refractivity contribution in [1.82, 2.24) is 5.32 Å². The third kappa shape index (κ3) is 6.40. The Hall–Kier alpha value is -1.35. The number of benzene rings is 1. The number of aryl methyl sites for hydroxylation is 1. The van der Waals surface area contributed by atoms with Crippen LogP contribution in [-0.4, -0.2) is 18.5 Å². The predicted octanol–water partition coefficient (Wildman–Crippen LogP) is 2.17. The first-order chi connectivity index (χ1) is 8.58. The summed E-state index contributed by atoms with van der Waals surface area (Å²) in [6.45, 7) is 4.76. The van der Waals surface area contributed by atoms with E-state index in [1.54, 1.807) is 0 Å². The van der Waals surface area contributed by atoms with Gasteiger partial charge in [0.25, 0.3) is 0 Å². The minimum absolute atomic E-state index is 0.128. The molecule has 3 N–H and O–H groups in total. The highest BCUT2D eigenvalue weighted by molar-refractivity contribution is 5.75. The summed E-state index contributed by atoms with van der Waals surface area (Å²) in [6, 6.07) is 8.56. The Morgan fingerprint density at radius 1 is 1.44 bits per heavy atom. The van der Waals surface area contributed by atoms with Gasteiger partial charge in [-0.15, -0.1) is 0 Å². The second-order valence-electron chi connectivity index (χ2n) is 4.96. The largest absolute Gasteiger partial charge is 0.356 e. The van der Waals surface area contributed by atoms with Crippen LogP contribution in [0.4, 0.5) is 0 Å². The molecule has 0 bridgehead atoms. The van der Waals surface area contributed by atoms with Crippen molar-refractivity contribution in [2.45, 2.75) is 45.6 Å². The average molecular weight is 248 g/mol. The number of nitrogens with two attached hydrogens (primary N) is 1. The highest BCUT2D eigenvalue weighted by Gasteiger charge is 2.02. The molecule has 0 aliphatic carbocycles. The Morgan fingerprint density at radius 3 is 2.89 bits per heavy atom. The molecule has 0 saturated heterocycles. The smallest absolute Gasteiger partial charge is 0.220 e. The van der Waals surface area contributed by atoms with E-state index in [1.165, 1.54) is 11.1 Å². The van der Waals surface area contributed by atoms with Gasteiger partial charge < -0.3 is 11.1 Å². The van der Waals surface area contributed by atoms with E-state index in [2.05, 4.69) is 36.5 Å². The zero-order chi connectivity index (χ0) is 13.4. The number of amides is 1. The molecule has 1 aromatic rings. The molecule has 0 heterocycles. The second kappa shape index (κ2) is 7.88. The SMILES string of the molecule is Cc1cccc(CCNC(=O)CCCC(C)N)c1. The van der Waals surface area contributed by atoms with E-state index in [1.807, 2.05) is 6.92 Å². The molecule has 18 heavy (non-hydrogen) atoms. The monoisotopic (exact) mass is 248 g/mol. The molecule has 0 aliphatic heterocycles. The summed E-state index contributed by atoms with van der Waals surface area (Å²) in [5.74, 6) is 0.128. The summed E-state index contributed by atoms with van der Waals surface area (Å²) in [6.07, 6.45) is 3.25. The van der Waals surface area contributed by atoms with Gasteiger partial charge in [0.15, 0.2) is 0 Å². The van der Waals surface area contributed by atoms with Crippen LogP contribution in [0, 0.1) is 6.92 Å². The maximum atomic E-state index is 11.5. The van der Waals surface area contributed by atoms with E-state index in [9.17, 15) is 4.79 Å². The van der Waals surface area contributed by atoms with Gasteiger partial charge in [0.05, 0.1) is 0 Å². The lowest BCUT2D eigenvalue weighted by Gasteiger charge is -2.07. The highest BCUT2D eigenvalue weighted by atomic mass is 16.1. The number of hydrogen-bond acceptors (Lipinski definition) is 2. The Balaban J connectivity index is 2.15. The van der Waals surface area contributed by atoms with Crippen LogP contribution in [0.25, 0.3) is 0 Å².